The van der Waals surface area contributed by atoms with E-state index in [0.717, 1.165) is 9.69 Å². The predicted molar refractivity (Wildman–Crippen MR) is 141 cm³/mol. The molecule has 4 rings (SSSR count). The van der Waals surface area contributed by atoms with Gasteiger partial charge in [0.1, 0.15) is 17.4 Å². The minimum atomic E-state index is -4.06. The maximum absolute atomic E-state index is 13.3. The molecule has 0 aliphatic heterocycles. The third kappa shape index (κ3) is 5.76. The van der Waals surface area contributed by atoms with E-state index in [1.807, 2.05) is 6.07 Å². The highest BCUT2D eigenvalue weighted by Crippen LogP contribution is 2.26. The Morgan fingerprint density at radius 3 is 2.56 bits per heavy atom. The molecule has 1 aromatic heterocycles. The van der Waals surface area contributed by atoms with Gasteiger partial charge in [0.15, 0.2) is 0 Å². The zero-order valence-electron chi connectivity index (χ0n) is 18.9. The number of hydrogen-bond acceptors (Lipinski definition) is 6. The third-order valence-corrected chi connectivity index (χ3v) is 7.44. The van der Waals surface area contributed by atoms with E-state index in [4.69, 9.17) is 27.9 Å². The summed E-state index contributed by atoms with van der Waals surface area (Å²) in [5.74, 6) is -0.0187. The Labute approximate surface area is 218 Å². The van der Waals surface area contributed by atoms with Crippen LogP contribution in [0.1, 0.15) is 5.56 Å². The van der Waals surface area contributed by atoms with Gasteiger partial charge in [0.2, 0.25) is 0 Å². The molecule has 0 unspecified atom stereocenters. The monoisotopic (exact) mass is 542 g/mol. The molecule has 4 aromatic rings. The molecule has 1 N–H and O–H groups in total. The second-order valence-electron chi connectivity index (χ2n) is 7.52. The van der Waals surface area contributed by atoms with E-state index in [2.05, 4.69) is 15.5 Å². The van der Waals surface area contributed by atoms with Crippen molar-refractivity contribution in [2.24, 2.45) is 5.10 Å². The topological polar surface area (TPSA) is 101 Å². The molecule has 0 atom stereocenters. The van der Waals surface area contributed by atoms with Crippen molar-refractivity contribution in [3.63, 3.8) is 0 Å². The lowest BCUT2D eigenvalue weighted by atomic mass is 10.1. The summed E-state index contributed by atoms with van der Waals surface area (Å²) in [6.45, 7) is -0.529. The summed E-state index contributed by atoms with van der Waals surface area (Å²) in [7, 11) is -2.50. The lowest BCUT2D eigenvalue weighted by Gasteiger charge is -2.23. The number of amides is 1. The van der Waals surface area contributed by atoms with E-state index < -0.39 is 22.5 Å². The van der Waals surface area contributed by atoms with Gasteiger partial charge < -0.3 is 4.74 Å². The van der Waals surface area contributed by atoms with Crippen molar-refractivity contribution >= 4 is 61.9 Å². The van der Waals surface area contributed by atoms with Gasteiger partial charge >= 0.3 is 0 Å². The molecule has 0 saturated carbocycles. The summed E-state index contributed by atoms with van der Waals surface area (Å²) in [4.78, 5) is 17.1. The molecule has 8 nitrogen and oxygen atoms in total. The highest BCUT2D eigenvalue weighted by molar-refractivity contribution is 7.92. The van der Waals surface area contributed by atoms with Crippen LogP contribution in [0, 0.1) is 0 Å². The highest BCUT2D eigenvalue weighted by atomic mass is 35.5. The Morgan fingerprint density at radius 1 is 1.06 bits per heavy atom. The number of pyridine rings is 1. The van der Waals surface area contributed by atoms with Gasteiger partial charge in [-0.2, -0.15) is 5.10 Å². The standard InChI is InChI=1S/C25H20Cl2N4O4S/c1-35-21-11-10-17-12-18(25(27)29-23(17)14-21)15-28-30-24(32)16-31(20-7-5-6-19(26)13-20)36(33,34)22-8-3-2-4-9-22/h2-15H,16H2,1H3,(H,30,32)/b28-15+. The molecular weight excluding hydrogens is 523 g/mol. The van der Waals surface area contributed by atoms with Gasteiger partial charge in [-0.15, -0.1) is 0 Å². The maximum Gasteiger partial charge on any atom is 0.264 e. The summed E-state index contributed by atoms with van der Waals surface area (Å²) in [6.07, 6.45) is 1.34. The highest BCUT2D eigenvalue weighted by Gasteiger charge is 2.27. The normalized spacial score (nSPS) is 11.5. The van der Waals surface area contributed by atoms with Gasteiger partial charge in [0.25, 0.3) is 15.9 Å². The van der Waals surface area contributed by atoms with Crippen LogP contribution in [-0.2, 0) is 14.8 Å². The third-order valence-electron chi connectivity index (χ3n) is 5.11. The van der Waals surface area contributed by atoms with Crippen LogP contribution in [0.4, 0.5) is 5.69 Å². The maximum atomic E-state index is 13.3. The largest absolute Gasteiger partial charge is 0.497 e. The van der Waals surface area contributed by atoms with Crippen LogP contribution in [0.15, 0.2) is 88.9 Å². The number of nitrogens with one attached hydrogen (secondary N) is 1. The molecule has 1 heterocycles. The van der Waals surface area contributed by atoms with E-state index >= 15 is 0 Å². The lowest BCUT2D eigenvalue weighted by molar-refractivity contribution is -0.119. The zero-order valence-corrected chi connectivity index (χ0v) is 21.3. The molecule has 0 bridgehead atoms. The summed E-state index contributed by atoms with van der Waals surface area (Å²) in [5, 5.41) is 5.25. The fourth-order valence-electron chi connectivity index (χ4n) is 3.36. The van der Waals surface area contributed by atoms with Gasteiger partial charge in [0, 0.05) is 22.0 Å². The average molecular weight is 543 g/mol. The van der Waals surface area contributed by atoms with Gasteiger partial charge in [-0.05, 0) is 48.5 Å². The van der Waals surface area contributed by atoms with E-state index in [-0.39, 0.29) is 15.7 Å². The quantitative estimate of drug-likeness (QED) is 0.194. The fourth-order valence-corrected chi connectivity index (χ4v) is 5.18. The van der Waals surface area contributed by atoms with E-state index in [9.17, 15) is 13.2 Å². The van der Waals surface area contributed by atoms with Crippen LogP contribution < -0.4 is 14.5 Å². The van der Waals surface area contributed by atoms with Crippen molar-refractivity contribution in [3.05, 3.63) is 94.6 Å². The second-order valence-corrected chi connectivity index (χ2v) is 10.2. The van der Waals surface area contributed by atoms with Crippen LogP contribution in [0.5, 0.6) is 5.75 Å². The van der Waals surface area contributed by atoms with Crippen LogP contribution >= 0.6 is 23.2 Å². The van der Waals surface area contributed by atoms with Crippen molar-refractivity contribution < 1.29 is 17.9 Å². The number of sulfonamides is 1. The number of carbonyl (C=O) groups excluding carboxylic acids is 1. The molecule has 36 heavy (non-hydrogen) atoms. The number of carbonyl (C=O) groups is 1. The van der Waals surface area contributed by atoms with Crippen molar-refractivity contribution in [3.8, 4) is 5.75 Å². The molecule has 1 amide bonds. The number of nitrogens with zero attached hydrogens (tertiary/aromatic N) is 3. The first-order chi connectivity index (χ1) is 17.3. The van der Waals surface area contributed by atoms with Crippen LogP contribution in [0.25, 0.3) is 10.9 Å². The number of hydrogen-bond donors (Lipinski definition) is 1. The number of anilines is 1. The van der Waals surface area contributed by atoms with Crippen molar-refractivity contribution in [1.82, 2.24) is 10.4 Å². The number of benzene rings is 3. The average Bonchev–Trinajstić information content (AvgIpc) is 2.87. The molecule has 0 aliphatic rings. The molecule has 0 spiro atoms. The van der Waals surface area contributed by atoms with Gasteiger partial charge in [-0.3, -0.25) is 9.10 Å². The Bertz CT molecular complexity index is 1550. The molecular formula is C25H20Cl2N4O4S. The van der Waals surface area contributed by atoms with E-state index in [1.54, 1.807) is 61.7 Å². The first kappa shape index (κ1) is 25.4. The van der Waals surface area contributed by atoms with Gasteiger partial charge in [-0.25, -0.2) is 18.8 Å². The SMILES string of the molecule is COc1ccc2cc(/C=N/NC(=O)CN(c3cccc(Cl)c3)S(=O)(=O)c3ccccc3)c(Cl)nc2c1. The van der Waals surface area contributed by atoms with E-state index in [0.29, 0.717) is 21.9 Å². The fraction of sp³-hybridized carbons (Fsp3) is 0.0800. The Morgan fingerprint density at radius 2 is 1.83 bits per heavy atom. The molecule has 11 heteroatoms. The summed E-state index contributed by atoms with van der Waals surface area (Å²) in [5.41, 5.74) is 3.70. The number of rotatable bonds is 8. The van der Waals surface area contributed by atoms with E-state index in [1.165, 1.54) is 24.4 Å². The smallest absolute Gasteiger partial charge is 0.264 e. The number of fused-ring (bicyclic) bond motifs is 1. The number of hydrazone groups is 1. The number of methoxy groups -OCH3 is 1. The molecule has 0 saturated heterocycles. The number of aromatic nitrogens is 1. The van der Waals surface area contributed by atoms with Gasteiger partial charge in [-0.1, -0.05) is 47.5 Å². The number of halogens is 2. The Balaban J connectivity index is 1.55. The Kier molecular flexibility index (Phi) is 7.73. The predicted octanol–water partition coefficient (Wildman–Crippen LogP) is 4.90. The first-order valence-electron chi connectivity index (χ1n) is 10.6. The minimum Gasteiger partial charge on any atom is -0.497 e. The van der Waals surface area contributed by atoms with Crippen LogP contribution in [0.2, 0.25) is 10.2 Å². The molecule has 0 fully saturated rings. The molecule has 0 aliphatic carbocycles. The lowest BCUT2D eigenvalue weighted by Crippen LogP contribution is -2.39. The second kappa shape index (κ2) is 10.9. The number of ether oxygens (including phenoxy) is 1. The first-order valence-corrected chi connectivity index (χ1v) is 12.8. The summed E-state index contributed by atoms with van der Waals surface area (Å²) >= 11 is 12.3. The van der Waals surface area contributed by atoms with Crippen LogP contribution in [0.3, 0.4) is 0 Å². The Hall–Kier alpha value is -3.66. The van der Waals surface area contributed by atoms with Crippen LogP contribution in [-0.4, -0.2) is 39.2 Å². The zero-order chi connectivity index (χ0) is 25.7. The summed E-state index contributed by atoms with van der Waals surface area (Å²) in [6, 6.07) is 21.2. The molecule has 184 valence electrons. The minimum absolute atomic E-state index is 0.0342. The van der Waals surface area contributed by atoms with Gasteiger partial charge in [0.05, 0.1) is 29.4 Å². The van der Waals surface area contributed by atoms with Crippen molar-refractivity contribution in [2.45, 2.75) is 4.90 Å². The molecule has 0 radical (unpaired) electrons. The molecule has 3 aromatic carbocycles. The van der Waals surface area contributed by atoms with Crippen molar-refractivity contribution in [1.29, 1.82) is 0 Å². The van der Waals surface area contributed by atoms with Crippen molar-refractivity contribution in [2.75, 3.05) is 18.0 Å². The summed E-state index contributed by atoms with van der Waals surface area (Å²) < 4.78 is 32.8.